The van der Waals surface area contributed by atoms with Crippen molar-refractivity contribution in [3.8, 4) is 0 Å². The molecule has 1 heterocycles. The first-order valence-corrected chi connectivity index (χ1v) is 4.17. The lowest BCUT2D eigenvalue weighted by molar-refractivity contribution is -0.133. The monoisotopic (exact) mass is 191 g/mol. The maximum atomic E-state index is 10.7. The van der Waals surface area contributed by atoms with Gasteiger partial charge in [0.1, 0.15) is 5.70 Å². The smallest absolute Gasteiger partial charge is 0.352 e. The summed E-state index contributed by atoms with van der Waals surface area (Å²) in [6.45, 7) is 0. The number of carbonyl (C=O) groups is 1. The Labute approximate surface area is 80.5 Å². The third-order valence-corrected chi connectivity index (χ3v) is 2.11. The zero-order chi connectivity index (χ0) is 10.1. The zero-order valence-corrected chi connectivity index (χ0v) is 7.27. The van der Waals surface area contributed by atoms with Gasteiger partial charge in [0.25, 0.3) is 0 Å². The number of fused-ring (bicyclic) bond motifs is 1. The van der Waals surface area contributed by atoms with Crippen LogP contribution in [0.3, 0.4) is 0 Å². The third kappa shape index (κ3) is 1.36. The van der Waals surface area contributed by atoms with Gasteiger partial charge < -0.3 is 15.5 Å². The van der Waals surface area contributed by atoms with Gasteiger partial charge in [0.2, 0.25) is 0 Å². The molecule has 4 nitrogen and oxygen atoms in total. The highest BCUT2D eigenvalue weighted by atomic mass is 16.4. The molecule has 1 aliphatic heterocycles. The molecular weight excluding hydrogens is 182 g/mol. The number of aliphatic hydroxyl groups is 1. The molecule has 1 aromatic rings. The molecule has 0 fully saturated rings. The first-order chi connectivity index (χ1) is 6.68. The van der Waals surface area contributed by atoms with E-state index < -0.39 is 12.2 Å². The molecule has 0 saturated heterocycles. The average Bonchev–Trinajstić information content (AvgIpc) is 2.17. The number of aliphatic carboxylic acids is 1. The van der Waals surface area contributed by atoms with Gasteiger partial charge in [-0.1, -0.05) is 24.3 Å². The number of nitrogens with one attached hydrogen (secondary N) is 1. The quantitative estimate of drug-likeness (QED) is 0.611. The summed E-state index contributed by atoms with van der Waals surface area (Å²) in [7, 11) is 0. The molecular formula is C10H9NO3. The Morgan fingerprint density at radius 3 is 2.79 bits per heavy atom. The van der Waals surface area contributed by atoms with Crippen LogP contribution in [0.2, 0.25) is 0 Å². The van der Waals surface area contributed by atoms with E-state index in [2.05, 4.69) is 5.32 Å². The SMILES string of the molecule is O=C(O)C1=Cc2ccccc2C(O)N1. The molecule has 3 N–H and O–H groups in total. The van der Waals surface area contributed by atoms with Crippen molar-refractivity contribution >= 4 is 12.0 Å². The first kappa shape index (κ1) is 8.77. The molecule has 0 amide bonds. The molecule has 2 rings (SSSR count). The minimum absolute atomic E-state index is 0.0104. The Hall–Kier alpha value is -1.81. The Morgan fingerprint density at radius 2 is 2.07 bits per heavy atom. The predicted molar refractivity (Wildman–Crippen MR) is 50.2 cm³/mol. The summed E-state index contributed by atoms with van der Waals surface area (Å²) in [5, 5.41) is 20.8. The lowest BCUT2D eigenvalue weighted by Gasteiger charge is -2.21. The van der Waals surface area contributed by atoms with Gasteiger partial charge in [0, 0.05) is 5.56 Å². The Kier molecular flexibility index (Phi) is 1.98. The van der Waals surface area contributed by atoms with Gasteiger partial charge in [0.05, 0.1) is 0 Å². The van der Waals surface area contributed by atoms with Crippen molar-refractivity contribution in [3.05, 3.63) is 41.1 Å². The number of carboxylic acids is 1. The second-order valence-corrected chi connectivity index (χ2v) is 3.04. The fourth-order valence-electron chi connectivity index (χ4n) is 1.44. The Morgan fingerprint density at radius 1 is 1.36 bits per heavy atom. The van der Waals surface area contributed by atoms with E-state index in [1.54, 1.807) is 24.3 Å². The summed E-state index contributed by atoms with van der Waals surface area (Å²) in [6, 6.07) is 7.11. The van der Waals surface area contributed by atoms with Crippen molar-refractivity contribution in [2.45, 2.75) is 6.23 Å². The van der Waals surface area contributed by atoms with E-state index in [9.17, 15) is 9.90 Å². The number of hydrogen-bond acceptors (Lipinski definition) is 3. The number of carboxylic acid groups (broad SMARTS) is 1. The maximum Gasteiger partial charge on any atom is 0.352 e. The van der Waals surface area contributed by atoms with Crippen molar-refractivity contribution in [3.63, 3.8) is 0 Å². The Balaban J connectivity index is 2.50. The van der Waals surface area contributed by atoms with E-state index in [1.165, 1.54) is 6.08 Å². The number of aliphatic hydroxyl groups excluding tert-OH is 1. The molecule has 14 heavy (non-hydrogen) atoms. The van der Waals surface area contributed by atoms with Gasteiger partial charge in [-0.05, 0) is 11.6 Å². The van der Waals surface area contributed by atoms with Crippen LogP contribution in [-0.4, -0.2) is 16.2 Å². The van der Waals surface area contributed by atoms with Gasteiger partial charge in [-0.3, -0.25) is 0 Å². The molecule has 0 spiro atoms. The molecule has 0 aromatic heterocycles. The van der Waals surface area contributed by atoms with Crippen LogP contribution in [0.5, 0.6) is 0 Å². The van der Waals surface area contributed by atoms with Crippen LogP contribution in [0.1, 0.15) is 17.4 Å². The largest absolute Gasteiger partial charge is 0.477 e. The van der Waals surface area contributed by atoms with E-state index in [1.807, 2.05) is 0 Å². The lowest BCUT2D eigenvalue weighted by Crippen LogP contribution is -2.28. The lowest BCUT2D eigenvalue weighted by atomic mass is 10.0. The third-order valence-electron chi connectivity index (χ3n) is 2.11. The van der Waals surface area contributed by atoms with Crippen LogP contribution < -0.4 is 5.32 Å². The van der Waals surface area contributed by atoms with Crippen LogP contribution in [0, 0.1) is 0 Å². The summed E-state index contributed by atoms with van der Waals surface area (Å²) in [5.41, 5.74) is 1.44. The van der Waals surface area contributed by atoms with Crippen LogP contribution in [0.4, 0.5) is 0 Å². The van der Waals surface area contributed by atoms with Crippen molar-refractivity contribution < 1.29 is 15.0 Å². The van der Waals surface area contributed by atoms with Crippen LogP contribution in [0.25, 0.3) is 6.08 Å². The first-order valence-electron chi connectivity index (χ1n) is 4.17. The highest BCUT2D eigenvalue weighted by molar-refractivity contribution is 5.92. The van der Waals surface area contributed by atoms with Crippen LogP contribution >= 0.6 is 0 Å². The summed E-state index contributed by atoms with van der Waals surface area (Å²) in [6.07, 6.45) is 0.562. The molecule has 1 aliphatic rings. The molecule has 1 unspecified atom stereocenters. The van der Waals surface area contributed by atoms with Gasteiger partial charge in [-0.25, -0.2) is 4.79 Å². The van der Waals surface area contributed by atoms with Crippen LogP contribution in [-0.2, 0) is 4.79 Å². The van der Waals surface area contributed by atoms with Gasteiger partial charge in [0.15, 0.2) is 6.23 Å². The van der Waals surface area contributed by atoms with Gasteiger partial charge in [-0.15, -0.1) is 0 Å². The fourth-order valence-corrected chi connectivity index (χ4v) is 1.44. The second kappa shape index (κ2) is 3.16. The van der Waals surface area contributed by atoms with Crippen molar-refractivity contribution in [2.75, 3.05) is 0 Å². The molecule has 1 atom stereocenters. The van der Waals surface area contributed by atoms with Crippen molar-refractivity contribution in [2.24, 2.45) is 0 Å². The molecule has 1 aromatic carbocycles. The van der Waals surface area contributed by atoms with E-state index in [-0.39, 0.29) is 5.70 Å². The van der Waals surface area contributed by atoms with Crippen LogP contribution in [0.15, 0.2) is 30.0 Å². The number of benzene rings is 1. The van der Waals surface area contributed by atoms with Gasteiger partial charge >= 0.3 is 5.97 Å². The molecule has 0 saturated carbocycles. The number of hydrogen-bond donors (Lipinski definition) is 3. The summed E-state index contributed by atoms with van der Waals surface area (Å²) >= 11 is 0. The second-order valence-electron chi connectivity index (χ2n) is 3.04. The average molecular weight is 191 g/mol. The minimum atomic E-state index is -1.07. The predicted octanol–water partition coefficient (Wildman–Crippen LogP) is 0.706. The highest BCUT2D eigenvalue weighted by Gasteiger charge is 2.20. The normalized spacial score (nSPS) is 19.2. The molecule has 72 valence electrons. The number of rotatable bonds is 1. The summed E-state index contributed by atoms with van der Waals surface area (Å²) in [5.74, 6) is -1.07. The van der Waals surface area contributed by atoms with E-state index >= 15 is 0 Å². The maximum absolute atomic E-state index is 10.7. The van der Waals surface area contributed by atoms with Crippen molar-refractivity contribution in [1.29, 1.82) is 0 Å². The van der Waals surface area contributed by atoms with E-state index in [0.717, 1.165) is 5.56 Å². The highest BCUT2D eigenvalue weighted by Crippen LogP contribution is 2.23. The van der Waals surface area contributed by atoms with Gasteiger partial charge in [-0.2, -0.15) is 0 Å². The molecule has 4 heteroatoms. The van der Waals surface area contributed by atoms with E-state index in [0.29, 0.717) is 5.56 Å². The zero-order valence-electron chi connectivity index (χ0n) is 7.27. The minimum Gasteiger partial charge on any atom is -0.477 e. The summed E-state index contributed by atoms with van der Waals surface area (Å²) < 4.78 is 0. The van der Waals surface area contributed by atoms with E-state index in [4.69, 9.17) is 5.11 Å². The molecule has 0 bridgehead atoms. The fraction of sp³-hybridized carbons (Fsp3) is 0.100. The Bertz CT molecular complexity index is 412. The van der Waals surface area contributed by atoms with Crippen molar-refractivity contribution in [1.82, 2.24) is 5.32 Å². The topological polar surface area (TPSA) is 69.6 Å². The standard InChI is InChI=1S/C10H9NO3/c12-9-7-4-2-1-3-6(7)5-8(11-9)10(13)14/h1-5,9,11-12H,(H,13,14). The summed E-state index contributed by atoms with van der Waals surface area (Å²) in [4.78, 5) is 10.7. The molecule has 0 radical (unpaired) electrons. The molecule has 0 aliphatic carbocycles.